The van der Waals surface area contributed by atoms with Crippen LogP contribution in [0.5, 0.6) is 0 Å². The lowest BCUT2D eigenvalue weighted by molar-refractivity contribution is -0.167. The van der Waals surface area contributed by atoms with Crippen molar-refractivity contribution in [2.75, 3.05) is 0 Å². The number of fused-ring (bicyclic) bond motifs is 7. The van der Waals surface area contributed by atoms with Gasteiger partial charge in [-0.2, -0.15) is 0 Å². The van der Waals surface area contributed by atoms with Gasteiger partial charge in [0.05, 0.1) is 6.10 Å². The number of ketones is 2. The summed E-state index contributed by atoms with van der Waals surface area (Å²) < 4.78 is 5.96. The summed E-state index contributed by atoms with van der Waals surface area (Å²) in [5, 5.41) is 0. The van der Waals surface area contributed by atoms with E-state index in [9.17, 15) is 9.59 Å². The molecule has 36 heavy (non-hydrogen) atoms. The molecular weight excluding hydrogens is 444 g/mol. The predicted molar refractivity (Wildman–Crippen MR) is 145 cm³/mol. The molecule has 0 radical (unpaired) electrons. The maximum absolute atomic E-state index is 13.3. The van der Waals surface area contributed by atoms with Crippen molar-refractivity contribution in [3.05, 3.63) is 46.3 Å². The van der Waals surface area contributed by atoms with Gasteiger partial charge in [-0.15, -0.1) is 0 Å². The van der Waals surface area contributed by atoms with Crippen molar-refractivity contribution < 1.29 is 14.3 Å². The highest BCUT2D eigenvalue weighted by Crippen LogP contribution is 2.75. The molecule has 0 amide bonds. The van der Waals surface area contributed by atoms with Gasteiger partial charge in [0.2, 0.25) is 5.78 Å². The van der Waals surface area contributed by atoms with E-state index in [4.69, 9.17) is 4.74 Å². The quantitative estimate of drug-likeness (QED) is 0.402. The summed E-state index contributed by atoms with van der Waals surface area (Å²) >= 11 is 0. The molecule has 0 aliphatic heterocycles. The fourth-order valence-corrected chi connectivity index (χ4v) is 9.15. The van der Waals surface area contributed by atoms with Crippen LogP contribution >= 0.6 is 0 Å². The first kappa shape index (κ1) is 25.7. The van der Waals surface area contributed by atoms with Gasteiger partial charge in [0.25, 0.3) is 0 Å². The van der Waals surface area contributed by atoms with Gasteiger partial charge < -0.3 is 4.74 Å². The fraction of sp³-hybridized carbons (Fsp3) is 0.697. The molecule has 0 aromatic heterocycles. The number of hydrogen-bond acceptors (Lipinski definition) is 3. The molecule has 3 heteroatoms. The number of carbonyl (C=O) groups is 2. The van der Waals surface area contributed by atoms with Crippen molar-refractivity contribution in [1.29, 1.82) is 0 Å². The number of hydrogen-bond donors (Lipinski definition) is 0. The Labute approximate surface area is 218 Å². The first-order valence-electron chi connectivity index (χ1n) is 14.2. The molecule has 196 valence electrons. The molecule has 0 bridgehead atoms. The third-order valence-electron chi connectivity index (χ3n) is 12.1. The first-order valence-corrected chi connectivity index (χ1v) is 14.2. The third-order valence-corrected chi connectivity index (χ3v) is 12.1. The number of carbonyl (C=O) groups excluding carboxylic acids is 2. The molecule has 3 fully saturated rings. The van der Waals surface area contributed by atoms with Gasteiger partial charge in [0.1, 0.15) is 5.78 Å². The van der Waals surface area contributed by atoms with Gasteiger partial charge in [-0.25, -0.2) is 0 Å². The molecule has 0 N–H and O–H groups in total. The van der Waals surface area contributed by atoms with E-state index in [1.807, 2.05) is 26.8 Å². The zero-order valence-corrected chi connectivity index (χ0v) is 24.1. The van der Waals surface area contributed by atoms with Gasteiger partial charge in [0.15, 0.2) is 5.76 Å². The molecule has 0 aromatic carbocycles. The SMILES string of the molecule is CC(=O)[C@]1(C)CC[C@]2(C)CC[C@]3(C)C4=CC=C5C(=CC(=O)C(OC(C)C)=C5C)[C@]4(C)CC[C@@]3(C)[C@@H]2C1. The Balaban J connectivity index is 1.61. The monoisotopic (exact) mass is 490 g/mol. The summed E-state index contributed by atoms with van der Waals surface area (Å²) in [6.07, 6.45) is 14.3. The molecule has 5 aliphatic rings. The largest absolute Gasteiger partial charge is 0.487 e. The van der Waals surface area contributed by atoms with Gasteiger partial charge in [0, 0.05) is 16.4 Å². The minimum atomic E-state index is -0.201. The van der Waals surface area contributed by atoms with Crippen molar-refractivity contribution in [2.45, 2.75) is 113 Å². The Bertz CT molecular complexity index is 1160. The lowest BCUT2D eigenvalue weighted by Gasteiger charge is -2.70. The highest BCUT2D eigenvalue weighted by molar-refractivity contribution is 6.07. The van der Waals surface area contributed by atoms with Crippen LogP contribution in [0.15, 0.2) is 46.3 Å². The predicted octanol–water partition coefficient (Wildman–Crippen LogP) is 8.07. The highest BCUT2D eigenvalue weighted by Gasteiger charge is 2.67. The van der Waals surface area contributed by atoms with Crippen molar-refractivity contribution in [2.24, 2.45) is 33.0 Å². The van der Waals surface area contributed by atoms with Crippen LogP contribution in [0.2, 0.25) is 0 Å². The van der Waals surface area contributed by atoms with E-state index in [2.05, 4.69) is 46.8 Å². The Morgan fingerprint density at radius 3 is 2.28 bits per heavy atom. The van der Waals surface area contributed by atoms with Crippen LogP contribution in [0.3, 0.4) is 0 Å². The average Bonchev–Trinajstić information content (AvgIpc) is 2.80. The Kier molecular flexibility index (Phi) is 5.58. The third kappa shape index (κ3) is 3.23. The molecule has 6 atom stereocenters. The smallest absolute Gasteiger partial charge is 0.221 e. The summed E-state index contributed by atoms with van der Waals surface area (Å²) in [6, 6.07) is 0. The number of ether oxygens (including phenoxy) is 1. The zero-order valence-electron chi connectivity index (χ0n) is 24.1. The van der Waals surface area contributed by atoms with Crippen molar-refractivity contribution >= 4 is 11.6 Å². The van der Waals surface area contributed by atoms with Gasteiger partial charge in [-0.05, 0) is 112 Å². The molecule has 5 rings (SSSR count). The van der Waals surface area contributed by atoms with Crippen LogP contribution < -0.4 is 0 Å². The topological polar surface area (TPSA) is 43.4 Å². The van der Waals surface area contributed by atoms with Crippen molar-refractivity contribution in [3.8, 4) is 0 Å². The standard InChI is InChI=1S/C33H46O3/c1-20(2)36-28-21(3)23-10-11-26-31(7,24(23)18-25(28)35)15-17-33(9)27-19-30(6,22(4)34)13-12-29(27,5)14-16-32(26,33)8/h10-11,18,20,27H,12-17,19H2,1-9H3/t27-,29-,30-,31+,32-,33+/m1/s1. The van der Waals surface area contributed by atoms with Crippen LogP contribution in [0, 0.1) is 33.0 Å². The van der Waals surface area contributed by atoms with E-state index in [1.54, 1.807) is 6.92 Å². The lowest BCUT2D eigenvalue weighted by atomic mass is 9.34. The normalized spacial score (nSPS) is 44.0. The summed E-state index contributed by atoms with van der Waals surface area (Å²) in [4.78, 5) is 26.0. The minimum Gasteiger partial charge on any atom is -0.487 e. The van der Waals surface area contributed by atoms with Crippen molar-refractivity contribution in [3.63, 3.8) is 0 Å². The van der Waals surface area contributed by atoms with Crippen LogP contribution in [0.4, 0.5) is 0 Å². The average molecular weight is 491 g/mol. The Hall–Kier alpha value is -1.90. The highest BCUT2D eigenvalue weighted by atomic mass is 16.5. The molecule has 0 heterocycles. The van der Waals surface area contributed by atoms with Crippen LogP contribution in [-0.4, -0.2) is 17.7 Å². The minimum absolute atomic E-state index is 0.00929. The molecule has 0 saturated heterocycles. The zero-order chi connectivity index (χ0) is 26.5. The molecule has 0 unspecified atom stereocenters. The number of Topliss-reactive ketones (excluding diaryl/α,β-unsaturated/α-hetero) is 1. The number of allylic oxidation sites excluding steroid dienone is 7. The second-order valence-corrected chi connectivity index (χ2v) is 14.3. The van der Waals surface area contributed by atoms with E-state index in [-0.39, 0.29) is 33.5 Å². The first-order chi connectivity index (χ1) is 16.6. The van der Waals surface area contributed by atoms with Gasteiger partial charge in [-0.1, -0.05) is 52.3 Å². The molecule has 5 aliphatic carbocycles. The maximum atomic E-state index is 13.3. The van der Waals surface area contributed by atoms with Crippen molar-refractivity contribution in [1.82, 2.24) is 0 Å². The molecule has 0 spiro atoms. The molecular formula is C33H46O3. The summed E-state index contributed by atoms with van der Waals surface area (Å²) in [7, 11) is 0. The van der Waals surface area contributed by atoms with Gasteiger partial charge in [-0.3, -0.25) is 9.59 Å². The number of rotatable bonds is 3. The van der Waals surface area contributed by atoms with Crippen LogP contribution in [0.25, 0.3) is 0 Å². The summed E-state index contributed by atoms with van der Waals surface area (Å²) in [5.74, 6) is 1.40. The van der Waals surface area contributed by atoms with E-state index < -0.39 is 0 Å². The molecule has 3 nitrogen and oxygen atoms in total. The summed E-state index contributed by atoms with van der Waals surface area (Å²) in [5.41, 5.74) is 4.96. The second kappa shape index (κ2) is 7.81. The van der Waals surface area contributed by atoms with E-state index in [1.165, 1.54) is 29.6 Å². The lowest BCUT2D eigenvalue weighted by Crippen LogP contribution is -2.62. The maximum Gasteiger partial charge on any atom is 0.221 e. The van der Waals surface area contributed by atoms with E-state index >= 15 is 0 Å². The Morgan fingerprint density at radius 1 is 0.972 bits per heavy atom. The van der Waals surface area contributed by atoms with Crippen LogP contribution in [0.1, 0.15) is 107 Å². The van der Waals surface area contributed by atoms with Gasteiger partial charge >= 0.3 is 0 Å². The summed E-state index contributed by atoms with van der Waals surface area (Å²) in [6.45, 7) is 20.0. The Morgan fingerprint density at radius 2 is 1.64 bits per heavy atom. The molecule has 3 saturated carbocycles. The second-order valence-electron chi connectivity index (χ2n) is 14.3. The fourth-order valence-electron chi connectivity index (χ4n) is 9.15. The van der Waals surface area contributed by atoms with E-state index in [0.29, 0.717) is 22.9 Å². The van der Waals surface area contributed by atoms with Crippen LogP contribution in [-0.2, 0) is 14.3 Å². The molecule has 0 aromatic rings. The van der Waals surface area contributed by atoms with E-state index in [0.717, 1.165) is 37.7 Å².